The van der Waals surface area contributed by atoms with Crippen molar-refractivity contribution in [1.82, 2.24) is 20.2 Å². The minimum atomic E-state index is -0.611. The quantitative estimate of drug-likeness (QED) is 0.258. The minimum Gasteiger partial charge on any atom is -0.244 e. The monoisotopic (exact) mass is 561 g/mol. The average molecular weight is 563 g/mol. The van der Waals surface area contributed by atoms with Gasteiger partial charge in [-0.05, 0) is 78.7 Å². The molecule has 30 heavy (non-hydrogen) atoms. The van der Waals surface area contributed by atoms with Crippen molar-refractivity contribution in [3.63, 3.8) is 0 Å². The maximum atomic E-state index is 12.7. The highest BCUT2D eigenvalue weighted by atomic mass is 79.9. The smallest absolute Gasteiger partial charge is 0.244 e. The number of hydrogen-bond acceptors (Lipinski definition) is 5. The number of aliphatic imine (C=N–C) groups is 1. The molecule has 160 valence electrons. The first-order valence-electron chi connectivity index (χ1n) is 8.41. The van der Waals surface area contributed by atoms with Crippen LogP contribution in [0.4, 0.5) is 14.5 Å². The Hall–Kier alpha value is -2.27. The third-order valence-corrected chi connectivity index (χ3v) is 3.96. The van der Waals surface area contributed by atoms with Crippen molar-refractivity contribution in [2.24, 2.45) is 4.99 Å². The van der Waals surface area contributed by atoms with Crippen LogP contribution in [0.5, 0.6) is 0 Å². The van der Waals surface area contributed by atoms with Crippen molar-refractivity contribution in [2.45, 2.75) is 26.2 Å². The number of benzene rings is 2. The van der Waals surface area contributed by atoms with Crippen molar-refractivity contribution in [2.75, 3.05) is 0 Å². The van der Waals surface area contributed by atoms with E-state index in [2.05, 4.69) is 78.6 Å². The standard InChI is InChI=1S/C7H4BrFN4O.C7H3BrFNO.C4H12Si/c8-5-3-4(9)1-2-6(5)13-7(14)10-11-12-13;8-6-3-5(9)1-2-7(6)10-4-11;1-5(2,3)4/h1-3H,(H,10,12,14);1-3H;1-4H3. The van der Waals surface area contributed by atoms with E-state index in [4.69, 9.17) is 0 Å². The molecule has 0 radical (unpaired) electrons. The Bertz CT molecular complexity index is 1090. The van der Waals surface area contributed by atoms with Gasteiger partial charge in [-0.1, -0.05) is 26.2 Å². The molecule has 3 rings (SSSR count). The second kappa shape index (κ2) is 11.8. The van der Waals surface area contributed by atoms with E-state index < -0.39 is 19.6 Å². The van der Waals surface area contributed by atoms with Crippen LogP contribution in [0.15, 0.2) is 55.1 Å². The SMILES string of the molecule is C[Si](C)(C)C.O=C=Nc1ccc(F)cc1Br.O=c1[nH]nnn1-c1ccc(F)cc1Br. The van der Waals surface area contributed by atoms with E-state index in [1.54, 1.807) is 0 Å². The van der Waals surface area contributed by atoms with Crippen molar-refractivity contribution < 1.29 is 13.6 Å². The summed E-state index contributed by atoms with van der Waals surface area (Å²) in [7, 11) is -0.611. The maximum Gasteiger partial charge on any atom is 0.365 e. The highest BCUT2D eigenvalue weighted by molar-refractivity contribution is 9.11. The summed E-state index contributed by atoms with van der Waals surface area (Å²) in [5.41, 5.74) is 0.337. The third-order valence-electron chi connectivity index (χ3n) is 2.69. The number of nitrogens with one attached hydrogen (secondary N) is 1. The van der Waals surface area contributed by atoms with Gasteiger partial charge in [-0.3, -0.25) is 0 Å². The number of carbonyl (C=O) groups excluding carboxylic acids is 1. The van der Waals surface area contributed by atoms with Gasteiger partial charge in [-0.15, -0.1) is 0 Å². The fourth-order valence-electron chi connectivity index (χ4n) is 1.63. The molecular formula is C18H19Br2F2N5O2Si. The molecule has 1 N–H and O–H groups in total. The van der Waals surface area contributed by atoms with E-state index in [0.717, 1.165) is 4.68 Å². The number of aromatic nitrogens is 4. The van der Waals surface area contributed by atoms with E-state index in [1.807, 2.05) is 0 Å². The van der Waals surface area contributed by atoms with E-state index in [9.17, 15) is 18.4 Å². The molecule has 7 nitrogen and oxygen atoms in total. The van der Waals surface area contributed by atoms with Gasteiger partial charge in [0.2, 0.25) is 6.08 Å². The Labute approximate surface area is 189 Å². The molecule has 0 fully saturated rings. The van der Waals surface area contributed by atoms with Crippen LogP contribution in [0, 0.1) is 11.6 Å². The molecule has 0 saturated heterocycles. The molecule has 0 aliphatic heterocycles. The van der Waals surface area contributed by atoms with Crippen LogP contribution in [-0.2, 0) is 4.79 Å². The minimum absolute atomic E-state index is 0.373. The van der Waals surface area contributed by atoms with E-state index >= 15 is 0 Å². The van der Waals surface area contributed by atoms with Gasteiger partial charge >= 0.3 is 5.69 Å². The molecule has 0 spiro atoms. The normalized spacial score (nSPS) is 10.1. The number of hydrogen-bond donors (Lipinski definition) is 1. The van der Waals surface area contributed by atoms with Crippen LogP contribution in [0.3, 0.4) is 0 Å². The number of H-pyrrole nitrogens is 1. The van der Waals surface area contributed by atoms with Crippen molar-refractivity contribution in [3.8, 4) is 5.69 Å². The lowest BCUT2D eigenvalue weighted by atomic mass is 10.3. The lowest BCUT2D eigenvalue weighted by Crippen LogP contribution is -2.16. The van der Waals surface area contributed by atoms with Crippen molar-refractivity contribution >= 4 is 51.7 Å². The Morgan fingerprint density at radius 3 is 2.00 bits per heavy atom. The van der Waals surface area contributed by atoms with E-state index in [1.165, 1.54) is 42.5 Å². The van der Waals surface area contributed by atoms with Gasteiger partial charge < -0.3 is 0 Å². The summed E-state index contributed by atoms with van der Waals surface area (Å²) in [6, 6.07) is 7.77. The van der Waals surface area contributed by atoms with Gasteiger partial charge in [0, 0.05) is 17.0 Å². The van der Waals surface area contributed by atoms with E-state index in [0.29, 0.717) is 20.3 Å². The fraction of sp³-hybridized carbons (Fsp3) is 0.222. The summed E-state index contributed by atoms with van der Waals surface area (Å²) in [6.45, 7) is 9.31. The van der Waals surface area contributed by atoms with Gasteiger partial charge in [-0.25, -0.2) is 23.5 Å². The number of isocyanates is 1. The fourth-order valence-corrected chi connectivity index (χ4v) is 2.59. The third kappa shape index (κ3) is 9.48. The molecule has 1 heterocycles. The zero-order chi connectivity index (χ0) is 22.9. The first-order valence-corrected chi connectivity index (χ1v) is 14.0. The van der Waals surface area contributed by atoms with Gasteiger partial charge in [0.05, 0.1) is 11.4 Å². The molecule has 3 aromatic rings. The Morgan fingerprint density at radius 1 is 1.03 bits per heavy atom. The summed E-state index contributed by atoms with van der Waals surface area (Å²) < 4.78 is 27.1. The number of aromatic amines is 1. The zero-order valence-corrected chi connectivity index (χ0v) is 20.8. The predicted octanol–water partition coefficient (Wildman–Crippen LogP) is 5.37. The molecule has 0 atom stereocenters. The van der Waals surface area contributed by atoms with Crippen molar-refractivity contribution in [1.29, 1.82) is 0 Å². The summed E-state index contributed by atoms with van der Waals surface area (Å²) in [4.78, 5) is 24.3. The van der Waals surface area contributed by atoms with Gasteiger partial charge in [0.1, 0.15) is 11.6 Å². The maximum absolute atomic E-state index is 12.7. The lowest BCUT2D eigenvalue weighted by molar-refractivity contribution is 0.565. The van der Waals surface area contributed by atoms with Crippen LogP contribution >= 0.6 is 31.9 Å². The molecule has 12 heteroatoms. The van der Waals surface area contributed by atoms with Crippen molar-refractivity contribution in [3.05, 3.63) is 67.5 Å². The molecule has 0 saturated carbocycles. The van der Waals surface area contributed by atoms with E-state index in [-0.39, 0.29) is 5.82 Å². The molecule has 0 aliphatic carbocycles. The molecule has 1 aromatic heterocycles. The van der Waals surface area contributed by atoms with Crippen LogP contribution in [0.2, 0.25) is 26.2 Å². The van der Waals surface area contributed by atoms with Crippen LogP contribution < -0.4 is 5.69 Å². The first-order chi connectivity index (χ1) is 13.9. The zero-order valence-electron chi connectivity index (χ0n) is 16.6. The summed E-state index contributed by atoms with van der Waals surface area (Å²) in [5, 5.41) is 8.99. The number of nitrogens with zero attached hydrogens (tertiary/aromatic N) is 4. The van der Waals surface area contributed by atoms with Gasteiger partial charge in [0.15, 0.2) is 0 Å². The predicted molar refractivity (Wildman–Crippen MR) is 121 cm³/mol. The van der Waals surface area contributed by atoms with Crippen LogP contribution in [0.1, 0.15) is 0 Å². The molecule has 2 aromatic carbocycles. The highest BCUT2D eigenvalue weighted by Crippen LogP contribution is 2.25. The second-order valence-electron chi connectivity index (χ2n) is 7.31. The van der Waals surface area contributed by atoms with Crippen LogP contribution in [0.25, 0.3) is 5.69 Å². The lowest BCUT2D eigenvalue weighted by Gasteiger charge is -2.01. The number of halogens is 4. The largest absolute Gasteiger partial charge is 0.365 e. The molecule has 0 bridgehead atoms. The summed E-state index contributed by atoms with van der Waals surface area (Å²) in [5.74, 6) is -0.765. The van der Waals surface area contributed by atoms with Gasteiger partial charge in [-0.2, -0.15) is 9.67 Å². The second-order valence-corrected chi connectivity index (χ2v) is 15.0. The Morgan fingerprint density at radius 2 is 1.57 bits per heavy atom. The molecular weight excluding hydrogens is 544 g/mol. The molecule has 0 unspecified atom stereocenters. The summed E-state index contributed by atoms with van der Waals surface area (Å²) in [6.07, 6.45) is 1.37. The highest BCUT2D eigenvalue weighted by Gasteiger charge is 2.07. The molecule has 0 aliphatic rings. The first kappa shape index (κ1) is 25.8. The number of tetrazole rings is 1. The Kier molecular flexibility index (Phi) is 10.1. The van der Waals surface area contributed by atoms with Gasteiger partial charge in [0.25, 0.3) is 0 Å². The average Bonchev–Trinajstić information content (AvgIpc) is 3.02. The Balaban J connectivity index is 0.000000251. The van der Waals surface area contributed by atoms with Crippen LogP contribution in [-0.4, -0.2) is 34.4 Å². The molecule has 0 amide bonds. The number of rotatable bonds is 2. The summed E-state index contributed by atoms with van der Waals surface area (Å²) >= 11 is 6.16. The topological polar surface area (TPSA) is 93.0 Å².